The number of carbonyl (C=O) groups excluding carboxylic acids is 1. The minimum absolute atomic E-state index is 0.181. The number of aliphatic carboxylic acids is 2. The number of amides is 1. The summed E-state index contributed by atoms with van der Waals surface area (Å²) in [5, 5.41) is 18.4. The highest BCUT2D eigenvalue weighted by Gasteiger charge is 2.06. The maximum absolute atomic E-state index is 11.3. The Morgan fingerprint density at radius 2 is 1.96 bits per heavy atom. The zero-order valence-corrected chi connectivity index (χ0v) is 14.4. The highest BCUT2D eigenvalue weighted by atomic mass is 16.5. The van der Waals surface area contributed by atoms with Gasteiger partial charge in [0.25, 0.3) is 0 Å². The molecule has 1 aromatic heterocycles. The van der Waals surface area contributed by atoms with Crippen LogP contribution in [0.15, 0.2) is 24.7 Å². The highest BCUT2D eigenvalue weighted by molar-refractivity contribution is 5.89. The lowest BCUT2D eigenvalue weighted by Gasteiger charge is -2.12. The first-order valence-corrected chi connectivity index (χ1v) is 7.89. The summed E-state index contributed by atoms with van der Waals surface area (Å²) in [7, 11) is 0. The molecule has 0 aliphatic heterocycles. The molecule has 0 bridgehead atoms. The first-order chi connectivity index (χ1) is 11.8. The van der Waals surface area contributed by atoms with Gasteiger partial charge in [0, 0.05) is 30.1 Å². The fourth-order valence-corrected chi connectivity index (χ4v) is 1.74. The number of alkyl carbamates (subject to hydrolysis) is 1. The molecule has 0 spiro atoms. The number of imidazole rings is 1. The number of rotatable bonds is 9. The Labute approximate surface area is 146 Å². The van der Waals surface area contributed by atoms with E-state index in [0.29, 0.717) is 18.8 Å². The molecule has 0 saturated heterocycles. The van der Waals surface area contributed by atoms with Crippen LogP contribution in [0.4, 0.5) is 4.79 Å². The minimum Gasteiger partial charge on any atom is -0.478 e. The van der Waals surface area contributed by atoms with Crippen LogP contribution in [0, 0.1) is 0 Å². The maximum atomic E-state index is 11.3. The van der Waals surface area contributed by atoms with Crippen molar-refractivity contribution in [2.45, 2.75) is 45.6 Å². The quantitative estimate of drug-likeness (QED) is 0.392. The number of nitrogens with zero attached hydrogens (tertiary/aromatic N) is 1. The van der Waals surface area contributed by atoms with Crippen LogP contribution >= 0.6 is 0 Å². The van der Waals surface area contributed by atoms with E-state index in [0.717, 1.165) is 31.4 Å². The lowest BCUT2D eigenvalue weighted by molar-refractivity contribution is -0.134. The Morgan fingerprint density at radius 1 is 1.32 bits per heavy atom. The van der Waals surface area contributed by atoms with Gasteiger partial charge < -0.3 is 25.3 Å². The van der Waals surface area contributed by atoms with Gasteiger partial charge in [-0.05, 0) is 26.2 Å². The number of hydrogen-bond acceptors (Lipinski definition) is 5. The van der Waals surface area contributed by atoms with Gasteiger partial charge in [-0.2, -0.15) is 0 Å². The van der Waals surface area contributed by atoms with Crippen molar-refractivity contribution < 1.29 is 29.3 Å². The summed E-state index contributed by atoms with van der Waals surface area (Å²) in [6.07, 6.45) is 7.90. The van der Waals surface area contributed by atoms with E-state index in [1.807, 2.05) is 6.92 Å². The number of carboxylic acids is 2. The second-order valence-electron chi connectivity index (χ2n) is 5.16. The van der Waals surface area contributed by atoms with Crippen molar-refractivity contribution in [2.24, 2.45) is 0 Å². The number of aromatic amines is 1. The van der Waals surface area contributed by atoms with Crippen molar-refractivity contribution in [1.29, 1.82) is 0 Å². The summed E-state index contributed by atoms with van der Waals surface area (Å²) in [6.45, 7) is 4.51. The molecule has 1 aromatic rings. The van der Waals surface area contributed by atoms with E-state index in [2.05, 4.69) is 22.2 Å². The van der Waals surface area contributed by atoms with E-state index < -0.39 is 11.9 Å². The lowest BCUT2D eigenvalue weighted by Crippen LogP contribution is -2.33. The average molecular weight is 355 g/mol. The summed E-state index contributed by atoms with van der Waals surface area (Å²) < 4.78 is 5.07. The fourth-order valence-electron chi connectivity index (χ4n) is 1.74. The number of H-pyrrole nitrogens is 1. The predicted octanol–water partition coefficient (Wildman–Crippen LogP) is 1.97. The Kier molecular flexibility index (Phi) is 12.0. The van der Waals surface area contributed by atoms with Crippen molar-refractivity contribution in [3.05, 3.63) is 30.4 Å². The van der Waals surface area contributed by atoms with Crippen molar-refractivity contribution in [2.75, 3.05) is 6.61 Å². The molecule has 0 aliphatic carbocycles. The normalized spacial score (nSPS) is 11.3. The topological polar surface area (TPSA) is 142 Å². The largest absolute Gasteiger partial charge is 0.478 e. The van der Waals surface area contributed by atoms with Crippen molar-refractivity contribution >= 4 is 18.0 Å². The molecule has 4 N–H and O–H groups in total. The molecule has 140 valence electrons. The Bertz CT molecular complexity index is 526. The van der Waals surface area contributed by atoms with Gasteiger partial charge >= 0.3 is 18.0 Å². The zero-order valence-electron chi connectivity index (χ0n) is 14.4. The van der Waals surface area contributed by atoms with E-state index in [9.17, 15) is 14.4 Å². The number of hydrogen-bond donors (Lipinski definition) is 4. The number of carboxylic acid groups (broad SMARTS) is 2. The first-order valence-electron chi connectivity index (χ1n) is 7.89. The third-order valence-electron chi connectivity index (χ3n) is 2.83. The fraction of sp³-hybridized carbons (Fsp3) is 0.500. The molecule has 0 aliphatic rings. The molecule has 1 heterocycles. The zero-order chi connectivity index (χ0) is 19.1. The molecule has 9 heteroatoms. The van der Waals surface area contributed by atoms with E-state index in [1.165, 1.54) is 0 Å². The van der Waals surface area contributed by atoms with Crippen LogP contribution in [0.25, 0.3) is 0 Å². The summed E-state index contributed by atoms with van der Waals surface area (Å²) >= 11 is 0. The number of ether oxygens (including phenoxy) is 1. The third-order valence-corrected chi connectivity index (χ3v) is 2.83. The van der Waals surface area contributed by atoms with E-state index in [-0.39, 0.29) is 12.1 Å². The smallest absolute Gasteiger partial charge is 0.407 e. The molecule has 9 nitrogen and oxygen atoms in total. The third kappa shape index (κ3) is 14.5. The molecule has 1 atom stereocenters. The first kappa shape index (κ1) is 22.2. The molecular formula is C16H25N3O6. The molecule has 0 aromatic carbocycles. The second kappa shape index (κ2) is 13.6. The van der Waals surface area contributed by atoms with E-state index in [1.54, 1.807) is 12.5 Å². The van der Waals surface area contributed by atoms with Crippen molar-refractivity contribution in [3.63, 3.8) is 0 Å². The highest BCUT2D eigenvalue weighted by Crippen LogP contribution is 1.98. The SMILES string of the molecule is CCCC(C)NC(=O)OCCCc1cnc[nH]1.O=C(O)/C=C/C(=O)O. The molecule has 0 saturated carbocycles. The van der Waals surface area contributed by atoms with Gasteiger partial charge in [0.2, 0.25) is 0 Å². The van der Waals surface area contributed by atoms with Gasteiger partial charge in [-0.3, -0.25) is 0 Å². The van der Waals surface area contributed by atoms with Crippen LogP contribution in [0.3, 0.4) is 0 Å². The van der Waals surface area contributed by atoms with Gasteiger partial charge in [0.05, 0.1) is 12.9 Å². The molecule has 1 rings (SSSR count). The number of carbonyl (C=O) groups is 3. The summed E-state index contributed by atoms with van der Waals surface area (Å²) in [5.41, 5.74) is 1.06. The van der Waals surface area contributed by atoms with E-state index in [4.69, 9.17) is 14.9 Å². The Balaban J connectivity index is 0.000000609. The summed E-state index contributed by atoms with van der Waals surface area (Å²) in [5.74, 6) is -2.51. The van der Waals surface area contributed by atoms with Gasteiger partial charge in [-0.15, -0.1) is 0 Å². The lowest BCUT2D eigenvalue weighted by atomic mass is 10.2. The van der Waals surface area contributed by atoms with Crippen LogP contribution in [0.5, 0.6) is 0 Å². The van der Waals surface area contributed by atoms with Crippen LogP contribution in [0.2, 0.25) is 0 Å². The molecule has 25 heavy (non-hydrogen) atoms. The van der Waals surface area contributed by atoms with Gasteiger partial charge in [0.1, 0.15) is 0 Å². The summed E-state index contributed by atoms with van der Waals surface area (Å²) in [4.78, 5) is 37.4. The van der Waals surface area contributed by atoms with Crippen LogP contribution < -0.4 is 5.32 Å². The standard InChI is InChI=1S/C12H21N3O2.C4H4O4/c1-3-5-10(2)15-12(16)17-7-4-6-11-8-13-9-14-11;5-3(6)1-2-4(7)8/h8-10H,3-7H2,1-2H3,(H,13,14)(H,15,16);1-2H,(H,5,6)(H,7,8)/b;2-1+. The monoisotopic (exact) mass is 355 g/mol. The van der Waals surface area contributed by atoms with Crippen molar-refractivity contribution in [1.82, 2.24) is 15.3 Å². The average Bonchev–Trinajstić information content (AvgIpc) is 3.04. The van der Waals surface area contributed by atoms with E-state index >= 15 is 0 Å². The molecular weight excluding hydrogens is 330 g/mol. The Hall–Kier alpha value is -2.84. The second-order valence-corrected chi connectivity index (χ2v) is 5.16. The number of nitrogens with one attached hydrogen (secondary N) is 2. The van der Waals surface area contributed by atoms with Crippen LogP contribution in [-0.2, 0) is 20.7 Å². The Morgan fingerprint density at radius 3 is 2.44 bits per heavy atom. The molecule has 0 radical (unpaired) electrons. The molecule has 0 fully saturated rings. The van der Waals surface area contributed by atoms with Crippen molar-refractivity contribution in [3.8, 4) is 0 Å². The predicted molar refractivity (Wildman–Crippen MR) is 90.2 cm³/mol. The van der Waals surface area contributed by atoms with Gasteiger partial charge in [-0.25, -0.2) is 19.4 Å². The maximum Gasteiger partial charge on any atom is 0.407 e. The molecule has 1 amide bonds. The van der Waals surface area contributed by atoms with Gasteiger partial charge in [-0.1, -0.05) is 13.3 Å². The van der Waals surface area contributed by atoms with Gasteiger partial charge in [0.15, 0.2) is 0 Å². The minimum atomic E-state index is -1.26. The van der Waals surface area contributed by atoms with Crippen LogP contribution in [0.1, 0.15) is 38.8 Å². The number of aromatic nitrogens is 2. The summed E-state index contributed by atoms with van der Waals surface area (Å²) in [6, 6.07) is 0.181. The van der Waals surface area contributed by atoms with Crippen LogP contribution in [-0.4, -0.2) is 50.9 Å². The number of aryl methyl sites for hydroxylation is 1. The molecule has 1 unspecified atom stereocenters.